The molecule has 4 heteroatoms. The van der Waals surface area contributed by atoms with E-state index in [2.05, 4.69) is 36.8 Å². The number of anilines is 1. The number of ether oxygens (including phenoxy) is 1. The Morgan fingerprint density at radius 1 is 1.37 bits per heavy atom. The van der Waals surface area contributed by atoms with Crippen LogP contribution in [0.5, 0.6) is 5.75 Å². The van der Waals surface area contributed by atoms with Crippen LogP contribution in [-0.2, 0) is 0 Å². The Bertz CT molecular complexity index is 536. The first kappa shape index (κ1) is 14.1. The van der Waals surface area contributed by atoms with E-state index in [-0.39, 0.29) is 0 Å². The van der Waals surface area contributed by atoms with Crippen LogP contribution >= 0.6 is 11.3 Å². The van der Waals surface area contributed by atoms with Gasteiger partial charge in [0.25, 0.3) is 0 Å². The zero-order valence-electron chi connectivity index (χ0n) is 12.1. The van der Waals surface area contributed by atoms with Crippen molar-refractivity contribution >= 4 is 26.7 Å². The lowest BCUT2D eigenvalue weighted by Crippen LogP contribution is -2.18. The Morgan fingerprint density at radius 3 is 2.84 bits per heavy atom. The lowest BCUT2D eigenvalue weighted by molar-refractivity contribution is 0.415. The van der Waals surface area contributed by atoms with Crippen LogP contribution in [0.3, 0.4) is 0 Å². The van der Waals surface area contributed by atoms with Gasteiger partial charge in [-0.2, -0.15) is 0 Å². The Kier molecular flexibility index (Phi) is 4.64. The van der Waals surface area contributed by atoms with Crippen molar-refractivity contribution in [1.82, 2.24) is 4.98 Å². The first-order valence-corrected chi connectivity index (χ1v) is 7.57. The summed E-state index contributed by atoms with van der Waals surface area (Å²) in [6, 6.07) is 6.07. The standard InChI is InChI=1S/C15H22N2OS/c1-11(2)6-5-9-17(3)15-16-13-10-12(18-4)7-8-14(13)19-15/h7-8,10-11H,5-6,9H2,1-4H3. The molecule has 0 aliphatic rings. The molecular weight excluding hydrogens is 256 g/mol. The molecule has 0 bridgehead atoms. The molecule has 19 heavy (non-hydrogen) atoms. The van der Waals surface area contributed by atoms with Gasteiger partial charge in [-0.3, -0.25) is 0 Å². The fourth-order valence-electron chi connectivity index (χ4n) is 2.02. The maximum atomic E-state index is 5.23. The van der Waals surface area contributed by atoms with Gasteiger partial charge < -0.3 is 9.64 Å². The summed E-state index contributed by atoms with van der Waals surface area (Å²) in [5.41, 5.74) is 1.02. The zero-order valence-corrected chi connectivity index (χ0v) is 13.0. The summed E-state index contributed by atoms with van der Waals surface area (Å²) in [6.45, 7) is 5.60. The molecule has 0 N–H and O–H groups in total. The predicted molar refractivity (Wildman–Crippen MR) is 83.5 cm³/mol. The maximum Gasteiger partial charge on any atom is 0.186 e. The van der Waals surface area contributed by atoms with Crippen molar-refractivity contribution in [2.75, 3.05) is 25.6 Å². The molecule has 0 aliphatic carbocycles. The van der Waals surface area contributed by atoms with Crippen LogP contribution in [0.15, 0.2) is 18.2 Å². The fraction of sp³-hybridized carbons (Fsp3) is 0.533. The van der Waals surface area contributed by atoms with E-state index < -0.39 is 0 Å². The van der Waals surface area contributed by atoms with Crippen molar-refractivity contribution in [2.24, 2.45) is 5.92 Å². The molecule has 0 amide bonds. The number of fused-ring (bicyclic) bond motifs is 1. The third-order valence-electron chi connectivity index (χ3n) is 3.18. The SMILES string of the molecule is COc1ccc2sc(N(C)CCCC(C)C)nc2c1. The summed E-state index contributed by atoms with van der Waals surface area (Å²) in [6.07, 6.45) is 2.48. The van der Waals surface area contributed by atoms with Gasteiger partial charge in [0.1, 0.15) is 5.75 Å². The summed E-state index contributed by atoms with van der Waals surface area (Å²) in [5.74, 6) is 1.64. The van der Waals surface area contributed by atoms with Crippen LogP contribution in [0.4, 0.5) is 5.13 Å². The molecule has 0 unspecified atom stereocenters. The third-order valence-corrected chi connectivity index (χ3v) is 4.34. The predicted octanol–water partition coefficient (Wildman–Crippen LogP) is 4.18. The van der Waals surface area contributed by atoms with E-state index in [1.54, 1.807) is 18.4 Å². The van der Waals surface area contributed by atoms with E-state index in [4.69, 9.17) is 4.74 Å². The van der Waals surface area contributed by atoms with E-state index in [0.29, 0.717) is 0 Å². The van der Waals surface area contributed by atoms with Gasteiger partial charge in [-0.05, 0) is 30.9 Å². The van der Waals surface area contributed by atoms with E-state index in [9.17, 15) is 0 Å². The number of nitrogens with zero attached hydrogens (tertiary/aromatic N) is 2. The number of methoxy groups -OCH3 is 1. The molecule has 0 fully saturated rings. The zero-order chi connectivity index (χ0) is 13.8. The minimum atomic E-state index is 0.771. The molecule has 0 aliphatic heterocycles. The molecule has 104 valence electrons. The minimum absolute atomic E-state index is 0.771. The molecular formula is C15H22N2OS. The molecule has 1 heterocycles. The summed E-state index contributed by atoms with van der Waals surface area (Å²) < 4.78 is 6.45. The first-order valence-electron chi connectivity index (χ1n) is 6.76. The van der Waals surface area contributed by atoms with Gasteiger partial charge >= 0.3 is 0 Å². The monoisotopic (exact) mass is 278 g/mol. The Morgan fingerprint density at radius 2 is 2.16 bits per heavy atom. The van der Waals surface area contributed by atoms with Gasteiger partial charge in [0.2, 0.25) is 0 Å². The maximum absolute atomic E-state index is 5.23. The van der Waals surface area contributed by atoms with Crippen LogP contribution in [0.25, 0.3) is 10.2 Å². The molecule has 0 spiro atoms. The number of rotatable bonds is 6. The highest BCUT2D eigenvalue weighted by Crippen LogP contribution is 2.30. The molecule has 2 aromatic rings. The van der Waals surface area contributed by atoms with Crippen molar-refractivity contribution in [3.8, 4) is 5.75 Å². The van der Waals surface area contributed by atoms with Crippen molar-refractivity contribution < 1.29 is 4.74 Å². The van der Waals surface area contributed by atoms with E-state index in [1.165, 1.54) is 17.5 Å². The van der Waals surface area contributed by atoms with Gasteiger partial charge in [0, 0.05) is 19.7 Å². The average molecular weight is 278 g/mol. The molecule has 1 aromatic heterocycles. The van der Waals surface area contributed by atoms with Gasteiger partial charge in [0.15, 0.2) is 5.13 Å². The van der Waals surface area contributed by atoms with Crippen molar-refractivity contribution in [3.63, 3.8) is 0 Å². The number of aromatic nitrogens is 1. The third kappa shape index (κ3) is 3.60. The molecule has 0 saturated carbocycles. The minimum Gasteiger partial charge on any atom is -0.497 e. The topological polar surface area (TPSA) is 25.4 Å². The van der Waals surface area contributed by atoms with Crippen LogP contribution in [-0.4, -0.2) is 25.7 Å². The Hall–Kier alpha value is -1.29. The highest BCUT2D eigenvalue weighted by Gasteiger charge is 2.09. The highest BCUT2D eigenvalue weighted by molar-refractivity contribution is 7.22. The summed E-state index contributed by atoms with van der Waals surface area (Å²) in [7, 11) is 3.81. The van der Waals surface area contributed by atoms with Crippen LogP contribution in [0.2, 0.25) is 0 Å². The van der Waals surface area contributed by atoms with Crippen molar-refractivity contribution in [3.05, 3.63) is 18.2 Å². The summed E-state index contributed by atoms with van der Waals surface area (Å²) in [5, 5.41) is 1.09. The fourth-order valence-corrected chi connectivity index (χ4v) is 2.95. The van der Waals surface area contributed by atoms with E-state index in [0.717, 1.165) is 28.9 Å². The van der Waals surface area contributed by atoms with Gasteiger partial charge in [-0.1, -0.05) is 25.2 Å². The molecule has 0 saturated heterocycles. The van der Waals surface area contributed by atoms with Gasteiger partial charge in [-0.15, -0.1) is 0 Å². The van der Waals surface area contributed by atoms with Crippen LogP contribution in [0, 0.1) is 5.92 Å². The second kappa shape index (κ2) is 6.24. The summed E-state index contributed by atoms with van der Waals surface area (Å²) >= 11 is 1.74. The average Bonchev–Trinajstić information content (AvgIpc) is 2.80. The lowest BCUT2D eigenvalue weighted by atomic mass is 10.1. The first-order chi connectivity index (χ1) is 9.10. The molecule has 0 atom stereocenters. The van der Waals surface area contributed by atoms with Crippen LogP contribution in [0.1, 0.15) is 26.7 Å². The van der Waals surface area contributed by atoms with Crippen molar-refractivity contribution in [2.45, 2.75) is 26.7 Å². The molecule has 1 aromatic carbocycles. The number of thiazole rings is 1. The van der Waals surface area contributed by atoms with Crippen LogP contribution < -0.4 is 9.64 Å². The van der Waals surface area contributed by atoms with E-state index >= 15 is 0 Å². The summed E-state index contributed by atoms with van der Waals surface area (Å²) in [4.78, 5) is 6.93. The molecule has 3 nitrogen and oxygen atoms in total. The van der Waals surface area contributed by atoms with Crippen molar-refractivity contribution in [1.29, 1.82) is 0 Å². The van der Waals surface area contributed by atoms with Gasteiger partial charge in [0.05, 0.1) is 17.3 Å². The molecule has 2 rings (SSSR count). The Labute approximate surface area is 119 Å². The number of benzene rings is 1. The van der Waals surface area contributed by atoms with Gasteiger partial charge in [-0.25, -0.2) is 4.98 Å². The quantitative estimate of drug-likeness (QED) is 0.792. The second-order valence-electron chi connectivity index (χ2n) is 5.29. The number of hydrogen-bond donors (Lipinski definition) is 0. The largest absolute Gasteiger partial charge is 0.497 e. The second-order valence-corrected chi connectivity index (χ2v) is 6.30. The Balaban J connectivity index is 2.07. The molecule has 0 radical (unpaired) electrons. The lowest BCUT2D eigenvalue weighted by Gasteiger charge is -2.15. The highest BCUT2D eigenvalue weighted by atomic mass is 32.1. The van der Waals surface area contributed by atoms with E-state index in [1.807, 2.05) is 12.1 Å². The smallest absolute Gasteiger partial charge is 0.186 e. The number of hydrogen-bond acceptors (Lipinski definition) is 4. The normalized spacial score (nSPS) is 11.2.